The third kappa shape index (κ3) is 7.79. The van der Waals surface area contributed by atoms with E-state index in [4.69, 9.17) is 9.98 Å². The minimum Gasteiger partial charge on any atom is -0.357 e. The van der Waals surface area contributed by atoms with Crippen LogP contribution in [0.2, 0.25) is 0 Å². The SMILES string of the molecule is C=C(C)/C(=C\N=C(CC)N1CCN(C(=CC)/N=C(C)\C(=C/C)C(C)(C)C)CC1)C(C)(C)C. The molecule has 1 aliphatic heterocycles. The van der Waals surface area contributed by atoms with Crippen molar-refractivity contribution < 1.29 is 0 Å². The Morgan fingerprint density at radius 1 is 0.844 bits per heavy atom. The second kappa shape index (κ2) is 11.7. The van der Waals surface area contributed by atoms with Gasteiger partial charge in [-0.3, -0.25) is 0 Å². The highest BCUT2D eigenvalue weighted by Gasteiger charge is 2.23. The smallest absolute Gasteiger partial charge is 0.124 e. The van der Waals surface area contributed by atoms with Crippen molar-refractivity contribution >= 4 is 11.5 Å². The fraction of sp³-hybridized carbons (Fsp3) is 0.643. The number of hydrogen-bond donors (Lipinski definition) is 0. The summed E-state index contributed by atoms with van der Waals surface area (Å²) < 4.78 is 0. The monoisotopic (exact) mass is 440 g/mol. The maximum atomic E-state index is 5.02. The Balaban J connectivity index is 2.99. The van der Waals surface area contributed by atoms with Crippen molar-refractivity contribution in [2.45, 2.75) is 82.6 Å². The van der Waals surface area contributed by atoms with Crippen LogP contribution in [0.1, 0.15) is 82.6 Å². The first-order valence-electron chi connectivity index (χ1n) is 12.1. The fourth-order valence-corrected chi connectivity index (χ4v) is 4.41. The summed E-state index contributed by atoms with van der Waals surface area (Å²) in [4.78, 5) is 14.7. The molecule has 0 unspecified atom stereocenters. The fourth-order valence-electron chi connectivity index (χ4n) is 4.41. The lowest BCUT2D eigenvalue weighted by atomic mass is 9.83. The summed E-state index contributed by atoms with van der Waals surface area (Å²) >= 11 is 0. The molecule has 4 nitrogen and oxygen atoms in total. The van der Waals surface area contributed by atoms with Gasteiger partial charge in [-0.15, -0.1) is 0 Å². The number of allylic oxidation sites excluding steroid dienone is 5. The second-order valence-corrected chi connectivity index (χ2v) is 10.7. The van der Waals surface area contributed by atoms with Gasteiger partial charge in [0, 0.05) is 44.5 Å². The van der Waals surface area contributed by atoms with Crippen molar-refractivity contribution in [1.82, 2.24) is 9.80 Å². The third-order valence-corrected chi connectivity index (χ3v) is 5.92. The summed E-state index contributed by atoms with van der Waals surface area (Å²) in [6, 6.07) is 0. The zero-order valence-corrected chi connectivity index (χ0v) is 22.8. The molecule has 1 fully saturated rings. The summed E-state index contributed by atoms with van der Waals surface area (Å²) in [7, 11) is 0. The Hall–Kier alpha value is -2.10. The van der Waals surface area contributed by atoms with Gasteiger partial charge >= 0.3 is 0 Å². The quantitative estimate of drug-likeness (QED) is 0.248. The van der Waals surface area contributed by atoms with Crippen LogP contribution in [0.25, 0.3) is 0 Å². The maximum Gasteiger partial charge on any atom is 0.124 e. The average Bonchev–Trinajstić information content (AvgIpc) is 2.67. The lowest BCUT2D eigenvalue weighted by Crippen LogP contribution is -2.48. The van der Waals surface area contributed by atoms with Crippen molar-refractivity contribution in [3.63, 3.8) is 0 Å². The highest BCUT2D eigenvalue weighted by Crippen LogP contribution is 2.30. The number of hydrogen-bond acceptors (Lipinski definition) is 3. The molecular formula is C28H48N4. The van der Waals surface area contributed by atoms with Gasteiger partial charge in [0.2, 0.25) is 0 Å². The van der Waals surface area contributed by atoms with E-state index < -0.39 is 0 Å². The molecule has 4 heteroatoms. The maximum absolute atomic E-state index is 5.02. The summed E-state index contributed by atoms with van der Waals surface area (Å²) in [5, 5.41) is 0. The van der Waals surface area contributed by atoms with Crippen LogP contribution in [0.5, 0.6) is 0 Å². The molecule has 180 valence electrons. The van der Waals surface area contributed by atoms with E-state index in [0.717, 1.165) is 55.5 Å². The highest BCUT2D eigenvalue weighted by atomic mass is 15.3. The van der Waals surface area contributed by atoms with Crippen LogP contribution in [-0.2, 0) is 0 Å². The molecule has 1 heterocycles. The third-order valence-electron chi connectivity index (χ3n) is 5.92. The van der Waals surface area contributed by atoms with Gasteiger partial charge in [-0.25, -0.2) is 9.98 Å². The molecule has 1 rings (SSSR count). The molecule has 0 bridgehead atoms. The van der Waals surface area contributed by atoms with Gasteiger partial charge in [0.15, 0.2) is 0 Å². The Morgan fingerprint density at radius 2 is 1.34 bits per heavy atom. The molecule has 1 aliphatic rings. The molecule has 0 spiro atoms. The van der Waals surface area contributed by atoms with Gasteiger partial charge in [-0.2, -0.15) is 0 Å². The average molecular weight is 441 g/mol. The molecule has 0 radical (unpaired) electrons. The molecular weight excluding hydrogens is 392 g/mol. The molecule has 0 amide bonds. The first kappa shape index (κ1) is 27.9. The van der Waals surface area contributed by atoms with Crippen LogP contribution in [0.15, 0.2) is 57.5 Å². The molecule has 1 saturated heterocycles. The first-order chi connectivity index (χ1) is 14.8. The molecule has 0 aromatic rings. The van der Waals surface area contributed by atoms with Gasteiger partial charge in [0.05, 0.1) is 0 Å². The lowest BCUT2D eigenvalue weighted by Gasteiger charge is -2.38. The molecule has 0 atom stereocenters. The topological polar surface area (TPSA) is 31.2 Å². The summed E-state index contributed by atoms with van der Waals surface area (Å²) in [5.74, 6) is 2.22. The molecule has 0 aromatic carbocycles. The molecule has 0 aromatic heterocycles. The number of nitrogens with zero attached hydrogens (tertiary/aromatic N) is 4. The van der Waals surface area contributed by atoms with E-state index in [2.05, 4.69) is 105 Å². The van der Waals surface area contributed by atoms with Gasteiger partial charge in [-0.1, -0.05) is 66.7 Å². The van der Waals surface area contributed by atoms with Gasteiger partial charge in [-0.05, 0) is 55.7 Å². The number of piperazine rings is 1. The Labute approximate surface area is 198 Å². The predicted octanol–water partition coefficient (Wildman–Crippen LogP) is 7.23. The standard InChI is InChI=1S/C28H48N4/c1-13-23(27(7,8)9)22(6)30-26(15-3)32-18-16-31(17-19-32)25(14-2)29-20-24(21(4)5)28(10,11)12/h13,15,20H,4,14,16-19H2,1-3,5-12H3/b23-13+,24-20+,26-15?,29-25?,30-22-. The summed E-state index contributed by atoms with van der Waals surface area (Å²) in [5.41, 5.74) is 4.84. The van der Waals surface area contributed by atoms with Crippen molar-refractivity contribution in [3.8, 4) is 0 Å². The van der Waals surface area contributed by atoms with Crippen LogP contribution in [0.3, 0.4) is 0 Å². The van der Waals surface area contributed by atoms with Crippen LogP contribution >= 0.6 is 0 Å². The molecule has 0 N–H and O–H groups in total. The van der Waals surface area contributed by atoms with Crippen LogP contribution in [0, 0.1) is 10.8 Å². The van der Waals surface area contributed by atoms with Crippen LogP contribution in [-0.4, -0.2) is 47.5 Å². The van der Waals surface area contributed by atoms with E-state index in [9.17, 15) is 0 Å². The summed E-state index contributed by atoms with van der Waals surface area (Å²) in [6.07, 6.45) is 7.28. The molecule has 0 saturated carbocycles. The van der Waals surface area contributed by atoms with E-state index in [1.54, 1.807) is 0 Å². The van der Waals surface area contributed by atoms with E-state index in [1.165, 1.54) is 11.1 Å². The Morgan fingerprint density at radius 3 is 1.72 bits per heavy atom. The minimum absolute atomic E-state index is 0.0441. The van der Waals surface area contributed by atoms with Crippen LogP contribution in [0.4, 0.5) is 0 Å². The van der Waals surface area contributed by atoms with Gasteiger partial charge in [0.25, 0.3) is 0 Å². The number of rotatable bonds is 6. The van der Waals surface area contributed by atoms with Crippen molar-refractivity contribution in [1.29, 1.82) is 0 Å². The zero-order valence-electron chi connectivity index (χ0n) is 22.8. The second-order valence-electron chi connectivity index (χ2n) is 10.7. The Bertz CT molecular complexity index is 799. The Kier molecular flexibility index (Phi) is 10.2. The van der Waals surface area contributed by atoms with E-state index in [-0.39, 0.29) is 10.8 Å². The normalized spacial score (nSPS) is 18.4. The molecule has 0 aliphatic carbocycles. The number of amidine groups is 1. The highest BCUT2D eigenvalue weighted by molar-refractivity contribution is 5.99. The van der Waals surface area contributed by atoms with E-state index in [0.29, 0.717) is 0 Å². The minimum atomic E-state index is 0.0441. The molecule has 32 heavy (non-hydrogen) atoms. The predicted molar refractivity (Wildman–Crippen MR) is 143 cm³/mol. The van der Waals surface area contributed by atoms with Gasteiger partial charge < -0.3 is 9.80 Å². The number of aliphatic imine (C=N–C) groups is 2. The van der Waals surface area contributed by atoms with Crippen LogP contribution < -0.4 is 0 Å². The largest absolute Gasteiger partial charge is 0.357 e. The van der Waals surface area contributed by atoms with Gasteiger partial charge in [0.1, 0.15) is 11.7 Å². The zero-order chi connectivity index (χ0) is 24.7. The van der Waals surface area contributed by atoms with Crippen molar-refractivity contribution in [3.05, 3.63) is 47.5 Å². The van der Waals surface area contributed by atoms with E-state index in [1.807, 2.05) is 6.20 Å². The van der Waals surface area contributed by atoms with Crippen molar-refractivity contribution in [2.75, 3.05) is 26.2 Å². The summed E-state index contributed by atoms with van der Waals surface area (Å²) in [6.45, 7) is 31.9. The lowest BCUT2D eigenvalue weighted by molar-refractivity contribution is 0.218. The van der Waals surface area contributed by atoms with E-state index >= 15 is 0 Å². The first-order valence-corrected chi connectivity index (χ1v) is 12.1. The van der Waals surface area contributed by atoms with Crippen molar-refractivity contribution in [2.24, 2.45) is 20.8 Å².